The van der Waals surface area contributed by atoms with Crippen molar-refractivity contribution in [2.75, 3.05) is 30.4 Å². The summed E-state index contributed by atoms with van der Waals surface area (Å²) in [5, 5.41) is 6.09. The van der Waals surface area contributed by atoms with Crippen LogP contribution in [0.25, 0.3) is 0 Å². The molecule has 0 aliphatic carbocycles. The molecule has 0 spiro atoms. The van der Waals surface area contributed by atoms with Gasteiger partial charge in [0.15, 0.2) is 6.61 Å². The van der Waals surface area contributed by atoms with Crippen molar-refractivity contribution in [3.63, 3.8) is 0 Å². The summed E-state index contributed by atoms with van der Waals surface area (Å²) in [4.78, 5) is 15.2. The number of anilines is 2. The van der Waals surface area contributed by atoms with E-state index in [2.05, 4.69) is 61.5 Å². The van der Waals surface area contributed by atoms with Gasteiger partial charge in [0.2, 0.25) is 5.88 Å². The van der Waals surface area contributed by atoms with E-state index in [1.165, 1.54) is 5.56 Å². The lowest BCUT2D eigenvalue weighted by Crippen LogP contribution is -2.27. The maximum absolute atomic E-state index is 11.1. The number of nitrogens with one attached hydrogen (secondary N) is 2. The highest BCUT2D eigenvalue weighted by Crippen LogP contribution is 2.33. The molecule has 0 fully saturated rings. The van der Waals surface area contributed by atoms with E-state index in [0.717, 1.165) is 35.8 Å². The highest BCUT2D eigenvalue weighted by atomic mass is 16.5. The van der Waals surface area contributed by atoms with Crippen molar-refractivity contribution in [3.8, 4) is 11.6 Å². The van der Waals surface area contributed by atoms with E-state index in [4.69, 9.17) is 9.47 Å². The largest absolute Gasteiger partial charge is 0.490 e. The number of carbonyl (C=O) groups is 1. The number of fused-ring (bicyclic) bond motifs is 2. The highest BCUT2D eigenvalue weighted by Gasteiger charge is 2.21. The second-order valence-corrected chi connectivity index (χ2v) is 7.26. The summed E-state index contributed by atoms with van der Waals surface area (Å²) in [6.07, 6.45) is 1.70. The summed E-state index contributed by atoms with van der Waals surface area (Å²) in [5.74, 6) is 2.31. The van der Waals surface area contributed by atoms with Gasteiger partial charge in [-0.25, -0.2) is 4.98 Å². The van der Waals surface area contributed by atoms with E-state index in [1.54, 1.807) is 6.20 Å². The molecular formula is C25H39N3O3. The summed E-state index contributed by atoms with van der Waals surface area (Å²) in [7, 11) is 0. The smallest absolute Gasteiger partial charge is 0.262 e. The highest BCUT2D eigenvalue weighted by molar-refractivity contribution is 5.95. The fraction of sp³-hybridized carbons (Fsp3) is 0.520. The maximum Gasteiger partial charge on any atom is 0.262 e. The average molecular weight is 430 g/mol. The Bertz CT molecular complexity index is 820. The number of amides is 1. The van der Waals surface area contributed by atoms with Crippen LogP contribution in [0.2, 0.25) is 0 Å². The molecule has 6 nitrogen and oxygen atoms in total. The molecule has 4 rings (SSSR count). The number of hydrogen-bond donors (Lipinski definition) is 2. The van der Waals surface area contributed by atoms with E-state index >= 15 is 0 Å². The number of hydrogen-bond acceptors (Lipinski definition) is 5. The Morgan fingerprint density at radius 1 is 0.968 bits per heavy atom. The minimum Gasteiger partial charge on any atom is -0.490 e. The lowest BCUT2D eigenvalue weighted by molar-refractivity contribution is -0.118. The molecule has 172 valence electrons. The van der Waals surface area contributed by atoms with E-state index < -0.39 is 0 Å². The summed E-state index contributed by atoms with van der Waals surface area (Å²) in [6.45, 7) is 18.3. The third-order valence-corrected chi connectivity index (χ3v) is 4.52. The minimum absolute atomic E-state index is 0.0571. The standard InChI is InChI=1S/C11H15NO.C10H12N2O2.2C2H6/c1-8(2)9-3-4-10-11(7-9)13-6-5-12-10;1-6(2)7-3-4-11-10-9(7)12-8(13)5-14-10;2*1-2/h3-4,7-8,12H,5-6H2,1-2H3;3-4,6H,5H2,1-2H3,(H,12,13);2*1-2H3. The quantitative estimate of drug-likeness (QED) is 0.594. The Morgan fingerprint density at radius 2 is 1.68 bits per heavy atom. The van der Waals surface area contributed by atoms with Crippen LogP contribution in [0.15, 0.2) is 30.5 Å². The molecule has 0 bridgehead atoms. The fourth-order valence-corrected chi connectivity index (χ4v) is 2.99. The zero-order chi connectivity index (χ0) is 23.4. The van der Waals surface area contributed by atoms with Crippen LogP contribution < -0.4 is 20.1 Å². The molecular weight excluding hydrogens is 390 g/mol. The van der Waals surface area contributed by atoms with E-state index in [-0.39, 0.29) is 12.5 Å². The molecule has 2 aliphatic rings. The molecule has 2 N–H and O–H groups in total. The van der Waals surface area contributed by atoms with Gasteiger partial charge in [0.05, 0.1) is 5.69 Å². The Hall–Kier alpha value is -2.76. The van der Waals surface area contributed by atoms with Crippen LogP contribution in [0.3, 0.4) is 0 Å². The first-order chi connectivity index (χ1) is 15.0. The summed E-state index contributed by atoms with van der Waals surface area (Å²) in [6, 6.07) is 8.29. The summed E-state index contributed by atoms with van der Waals surface area (Å²) >= 11 is 0. The van der Waals surface area contributed by atoms with Crippen LogP contribution in [0.4, 0.5) is 11.4 Å². The number of carbonyl (C=O) groups excluding carboxylic acids is 1. The van der Waals surface area contributed by atoms with E-state index in [1.807, 2.05) is 33.8 Å². The van der Waals surface area contributed by atoms with Gasteiger partial charge in [-0.05, 0) is 41.2 Å². The van der Waals surface area contributed by atoms with Crippen LogP contribution in [0, 0.1) is 0 Å². The van der Waals surface area contributed by atoms with Crippen molar-refractivity contribution in [1.29, 1.82) is 0 Å². The zero-order valence-electron chi connectivity index (χ0n) is 20.3. The first-order valence-electron chi connectivity index (χ1n) is 11.4. The molecule has 1 aromatic heterocycles. The third kappa shape index (κ3) is 7.46. The van der Waals surface area contributed by atoms with Gasteiger partial charge in [-0.2, -0.15) is 0 Å². The number of pyridine rings is 1. The lowest BCUT2D eigenvalue weighted by Gasteiger charge is -2.20. The molecule has 0 unspecified atom stereocenters. The molecule has 31 heavy (non-hydrogen) atoms. The topological polar surface area (TPSA) is 72.5 Å². The fourth-order valence-electron chi connectivity index (χ4n) is 2.99. The molecule has 1 amide bonds. The minimum atomic E-state index is -0.118. The van der Waals surface area contributed by atoms with Gasteiger partial charge >= 0.3 is 0 Å². The predicted octanol–water partition coefficient (Wildman–Crippen LogP) is 6.20. The summed E-state index contributed by atoms with van der Waals surface area (Å²) < 4.78 is 10.8. The Labute approximate surface area is 187 Å². The molecule has 1 aromatic carbocycles. The normalized spacial score (nSPS) is 13.2. The Kier molecular flexibility index (Phi) is 11.5. The maximum atomic E-state index is 11.1. The molecule has 2 aliphatic heterocycles. The summed E-state index contributed by atoms with van der Waals surface area (Å²) in [5.41, 5.74) is 4.24. The predicted molar refractivity (Wildman–Crippen MR) is 130 cm³/mol. The average Bonchev–Trinajstić information content (AvgIpc) is 2.81. The monoisotopic (exact) mass is 429 g/mol. The number of aromatic nitrogens is 1. The van der Waals surface area contributed by atoms with Crippen LogP contribution in [-0.2, 0) is 4.79 Å². The van der Waals surface area contributed by atoms with Gasteiger partial charge in [0.25, 0.3) is 5.91 Å². The molecule has 0 saturated carbocycles. The van der Waals surface area contributed by atoms with Gasteiger partial charge in [-0.3, -0.25) is 4.79 Å². The van der Waals surface area contributed by atoms with E-state index in [9.17, 15) is 4.79 Å². The number of ether oxygens (including phenoxy) is 2. The van der Waals surface area contributed by atoms with Gasteiger partial charge < -0.3 is 20.1 Å². The van der Waals surface area contributed by atoms with Crippen molar-refractivity contribution < 1.29 is 14.3 Å². The SMILES string of the molecule is CC.CC.CC(C)c1ccc2c(c1)OCCN2.CC(C)c1ccnc2c1NC(=O)CO2. The van der Waals surface area contributed by atoms with Crippen molar-refractivity contribution >= 4 is 17.3 Å². The van der Waals surface area contributed by atoms with Crippen LogP contribution in [-0.4, -0.2) is 30.6 Å². The molecule has 3 heterocycles. The zero-order valence-corrected chi connectivity index (χ0v) is 20.3. The van der Waals surface area contributed by atoms with Crippen molar-refractivity contribution in [2.24, 2.45) is 0 Å². The number of nitrogens with zero attached hydrogens (tertiary/aromatic N) is 1. The first kappa shape index (κ1) is 26.3. The second kappa shape index (κ2) is 13.5. The molecule has 6 heteroatoms. The molecule has 0 atom stereocenters. The molecule has 2 aromatic rings. The molecule has 0 saturated heterocycles. The Morgan fingerprint density at radius 3 is 2.32 bits per heavy atom. The molecule has 0 radical (unpaired) electrons. The first-order valence-corrected chi connectivity index (χ1v) is 11.4. The van der Waals surface area contributed by atoms with Crippen molar-refractivity contribution in [3.05, 3.63) is 41.6 Å². The van der Waals surface area contributed by atoms with Crippen LogP contribution in [0.1, 0.15) is 78.4 Å². The van der Waals surface area contributed by atoms with Gasteiger partial charge in [0, 0.05) is 12.7 Å². The number of rotatable bonds is 2. The Balaban J connectivity index is 0.000000268. The van der Waals surface area contributed by atoms with Crippen LogP contribution in [0.5, 0.6) is 11.6 Å². The third-order valence-electron chi connectivity index (χ3n) is 4.52. The van der Waals surface area contributed by atoms with Gasteiger partial charge in [-0.1, -0.05) is 61.5 Å². The van der Waals surface area contributed by atoms with Crippen molar-refractivity contribution in [1.82, 2.24) is 4.98 Å². The number of benzene rings is 1. The lowest BCUT2D eigenvalue weighted by atomic mass is 10.0. The second-order valence-electron chi connectivity index (χ2n) is 7.26. The van der Waals surface area contributed by atoms with Gasteiger partial charge in [-0.15, -0.1) is 0 Å². The van der Waals surface area contributed by atoms with Gasteiger partial charge in [0.1, 0.15) is 18.0 Å². The van der Waals surface area contributed by atoms with Crippen molar-refractivity contribution in [2.45, 2.75) is 67.2 Å². The van der Waals surface area contributed by atoms with Crippen LogP contribution >= 0.6 is 0 Å². The van der Waals surface area contributed by atoms with E-state index in [0.29, 0.717) is 17.7 Å².